The molecule has 2 atom stereocenters. The molecule has 3 aliphatic rings. The first-order valence-electron chi connectivity index (χ1n) is 20.3. The molecule has 2 saturated heterocycles. The zero-order chi connectivity index (χ0) is 42.1. The standard InChI is InChI=1S/C46H52Cl2N8O3/c1-7-59-39-28-40(44(2,3)4)50-30-38(39)42-51-45(5,33-10-14-35(47)15-11-33)46(6,34-12-16-36(48)17-13-34)56(42)43(58)55-22-20-52(21-23-55)31-41(57)54-26-24-53(25-27-54)37-18-8-32(29-49)9-19-37/h8-19,28,30H,7,20-27,31H2,1-6H3/t45-,46+/m0/s1. The Hall–Kier alpha value is -5.15. The van der Waals surface area contributed by atoms with Crippen LogP contribution >= 0.6 is 23.2 Å². The van der Waals surface area contributed by atoms with Crippen LogP contribution < -0.4 is 9.64 Å². The molecule has 0 N–H and O–H groups in total. The summed E-state index contributed by atoms with van der Waals surface area (Å²) in [6.07, 6.45) is 1.79. The van der Waals surface area contributed by atoms with Crippen molar-refractivity contribution in [2.24, 2.45) is 4.99 Å². The smallest absolute Gasteiger partial charge is 0.326 e. The maximum absolute atomic E-state index is 15.4. The Balaban J connectivity index is 1.16. The first-order valence-corrected chi connectivity index (χ1v) is 21.0. The number of carbonyl (C=O) groups is 2. The number of benzene rings is 3. The number of amidine groups is 1. The van der Waals surface area contributed by atoms with E-state index in [4.69, 9.17) is 43.2 Å². The number of anilines is 1. The molecule has 7 rings (SSSR count). The third kappa shape index (κ3) is 8.23. The van der Waals surface area contributed by atoms with Gasteiger partial charge in [0.1, 0.15) is 22.7 Å². The molecular formula is C46H52Cl2N8O3. The van der Waals surface area contributed by atoms with Gasteiger partial charge in [-0.3, -0.25) is 24.6 Å². The number of rotatable bonds is 8. The summed E-state index contributed by atoms with van der Waals surface area (Å²) in [6, 6.07) is 26.8. The van der Waals surface area contributed by atoms with Crippen LogP contribution in [-0.4, -0.2) is 108 Å². The Morgan fingerprint density at radius 2 is 1.39 bits per heavy atom. The van der Waals surface area contributed by atoms with Gasteiger partial charge in [0.25, 0.3) is 0 Å². The highest BCUT2D eigenvalue weighted by atomic mass is 35.5. The number of halogens is 2. The minimum atomic E-state index is -1.06. The van der Waals surface area contributed by atoms with E-state index in [0.29, 0.717) is 78.6 Å². The molecule has 0 bridgehead atoms. The molecule has 0 unspecified atom stereocenters. The molecule has 3 amide bonds. The molecule has 3 aromatic carbocycles. The third-order valence-electron chi connectivity index (χ3n) is 12.1. The topological polar surface area (TPSA) is 109 Å². The maximum Gasteiger partial charge on any atom is 0.326 e. The van der Waals surface area contributed by atoms with Gasteiger partial charge in [-0.25, -0.2) is 4.79 Å². The average molecular weight is 836 g/mol. The Morgan fingerprint density at radius 1 is 0.814 bits per heavy atom. The highest BCUT2D eigenvalue weighted by Gasteiger charge is 2.60. The Labute approximate surface area is 357 Å². The molecular weight excluding hydrogens is 783 g/mol. The predicted molar refractivity (Wildman–Crippen MR) is 233 cm³/mol. The van der Waals surface area contributed by atoms with E-state index >= 15 is 4.79 Å². The van der Waals surface area contributed by atoms with Gasteiger partial charge >= 0.3 is 6.03 Å². The van der Waals surface area contributed by atoms with Gasteiger partial charge in [-0.05, 0) is 80.4 Å². The van der Waals surface area contributed by atoms with Crippen LogP contribution in [0.25, 0.3) is 0 Å². The van der Waals surface area contributed by atoms with Crippen LogP contribution in [0.4, 0.5) is 10.5 Å². The minimum absolute atomic E-state index is 0.0851. The SMILES string of the molecule is CCOc1cc(C(C)(C)C)ncc1C1=N[C@@](C)(c2ccc(Cl)cc2)[C@@](C)(c2ccc(Cl)cc2)N1C(=O)N1CCN(CC(=O)N2CCN(c3ccc(C#N)cc3)CC2)CC1. The number of hydrogen-bond acceptors (Lipinski definition) is 8. The molecule has 2 fully saturated rings. The molecule has 13 heteroatoms. The molecule has 59 heavy (non-hydrogen) atoms. The number of nitrogens with zero attached hydrogens (tertiary/aromatic N) is 8. The zero-order valence-corrected chi connectivity index (χ0v) is 36.2. The van der Waals surface area contributed by atoms with E-state index in [2.05, 4.69) is 50.5 Å². The number of hydrogen-bond donors (Lipinski definition) is 0. The summed E-state index contributed by atoms with van der Waals surface area (Å²) in [6.45, 7) is 17.7. The van der Waals surface area contributed by atoms with Crippen LogP contribution in [0.1, 0.15) is 69.5 Å². The zero-order valence-electron chi connectivity index (χ0n) is 34.7. The number of aromatic nitrogens is 1. The van der Waals surface area contributed by atoms with Crippen LogP contribution in [0.3, 0.4) is 0 Å². The van der Waals surface area contributed by atoms with E-state index in [1.807, 2.05) is 100 Å². The number of carbonyl (C=O) groups excluding carboxylic acids is 2. The highest BCUT2D eigenvalue weighted by molar-refractivity contribution is 6.30. The molecule has 3 aliphatic heterocycles. The number of piperazine rings is 2. The van der Waals surface area contributed by atoms with Crippen LogP contribution in [-0.2, 0) is 21.3 Å². The molecule has 0 aliphatic carbocycles. The van der Waals surface area contributed by atoms with Crippen molar-refractivity contribution in [1.82, 2.24) is 24.6 Å². The van der Waals surface area contributed by atoms with E-state index in [-0.39, 0.29) is 23.9 Å². The largest absolute Gasteiger partial charge is 0.493 e. The van der Waals surface area contributed by atoms with Crippen molar-refractivity contribution in [2.75, 3.05) is 70.4 Å². The lowest BCUT2D eigenvalue weighted by Crippen LogP contribution is -2.61. The van der Waals surface area contributed by atoms with Gasteiger partial charge in [0.05, 0.1) is 30.3 Å². The summed E-state index contributed by atoms with van der Waals surface area (Å²) in [5.74, 6) is 1.14. The summed E-state index contributed by atoms with van der Waals surface area (Å²) in [5.41, 5.74) is 2.60. The highest BCUT2D eigenvalue weighted by Crippen LogP contribution is 2.54. The number of amides is 3. The van der Waals surface area contributed by atoms with Crippen molar-refractivity contribution in [3.05, 3.63) is 123 Å². The lowest BCUT2D eigenvalue weighted by atomic mass is 9.71. The van der Waals surface area contributed by atoms with Crippen LogP contribution in [0.2, 0.25) is 10.0 Å². The maximum atomic E-state index is 15.4. The average Bonchev–Trinajstić information content (AvgIpc) is 3.48. The fourth-order valence-electron chi connectivity index (χ4n) is 8.35. The first kappa shape index (κ1) is 42.0. The lowest BCUT2D eigenvalue weighted by Gasteiger charge is -2.47. The fraction of sp³-hybridized carbons (Fsp3) is 0.413. The summed E-state index contributed by atoms with van der Waals surface area (Å²) in [7, 11) is 0. The van der Waals surface area contributed by atoms with E-state index in [1.165, 1.54) is 0 Å². The van der Waals surface area contributed by atoms with Crippen molar-refractivity contribution >= 4 is 46.7 Å². The van der Waals surface area contributed by atoms with E-state index in [9.17, 15) is 4.79 Å². The van der Waals surface area contributed by atoms with E-state index < -0.39 is 11.1 Å². The normalized spacial score (nSPS) is 21.3. The summed E-state index contributed by atoms with van der Waals surface area (Å²) in [4.78, 5) is 49.4. The van der Waals surface area contributed by atoms with Gasteiger partial charge in [0.2, 0.25) is 5.91 Å². The number of aliphatic imine (C=N–C) groups is 1. The second-order valence-corrected chi connectivity index (χ2v) is 17.6. The van der Waals surface area contributed by atoms with Crippen molar-refractivity contribution in [1.29, 1.82) is 5.26 Å². The van der Waals surface area contributed by atoms with Crippen LogP contribution in [0.15, 0.2) is 90.1 Å². The molecule has 4 heterocycles. The molecule has 11 nitrogen and oxygen atoms in total. The number of urea groups is 1. The van der Waals surface area contributed by atoms with Crippen LogP contribution in [0, 0.1) is 11.3 Å². The predicted octanol–water partition coefficient (Wildman–Crippen LogP) is 7.94. The monoisotopic (exact) mass is 834 g/mol. The summed E-state index contributed by atoms with van der Waals surface area (Å²) in [5, 5.41) is 10.3. The van der Waals surface area contributed by atoms with Crippen LogP contribution in [0.5, 0.6) is 5.75 Å². The van der Waals surface area contributed by atoms with Crippen molar-refractivity contribution in [3.63, 3.8) is 0 Å². The van der Waals surface area contributed by atoms with E-state index in [0.717, 1.165) is 35.6 Å². The number of pyridine rings is 1. The Morgan fingerprint density at radius 3 is 1.95 bits per heavy atom. The quantitative estimate of drug-likeness (QED) is 0.178. The summed E-state index contributed by atoms with van der Waals surface area (Å²) < 4.78 is 6.31. The third-order valence-corrected chi connectivity index (χ3v) is 12.6. The van der Waals surface area contributed by atoms with Gasteiger partial charge in [0, 0.05) is 91.5 Å². The number of nitriles is 1. The van der Waals surface area contributed by atoms with Crippen molar-refractivity contribution in [2.45, 2.75) is 58.0 Å². The van der Waals surface area contributed by atoms with Gasteiger partial charge in [-0.2, -0.15) is 5.26 Å². The van der Waals surface area contributed by atoms with Gasteiger partial charge in [-0.15, -0.1) is 0 Å². The Bertz CT molecular complexity index is 2240. The molecule has 4 aromatic rings. The Kier molecular flexibility index (Phi) is 12.0. The molecule has 308 valence electrons. The summed E-state index contributed by atoms with van der Waals surface area (Å²) >= 11 is 12.9. The van der Waals surface area contributed by atoms with E-state index in [1.54, 1.807) is 6.20 Å². The molecule has 0 spiro atoms. The molecule has 0 radical (unpaired) electrons. The minimum Gasteiger partial charge on any atom is -0.493 e. The van der Waals surface area contributed by atoms with Gasteiger partial charge in [0.15, 0.2) is 0 Å². The second-order valence-electron chi connectivity index (χ2n) is 16.8. The van der Waals surface area contributed by atoms with Gasteiger partial charge < -0.3 is 19.4 Å². The van der Waals surface area contributed by atoms with Gasteiger partial charge in [-0.1, -0.05) is 68.2 Å². The first-order chi connectivity index (χ1) is 28.2. The molecule has 1 aromatic heterocycles. The van der Waals surface area contributed by atoms with Crippen molar-refractivity contribution < 1.29 is 14.3 Å². The second kappa shape index (κ2) is 16.8. The fourth-order valence-corrected chi connectivity index (χ4v) is 8.60. The lowest BCUT2D eigenvalue weighted by molar-refractivity contribution is -0.133. The number of ether oxygens (including phenoxy) is 1. The van der Waals surface area contributed by atoms with Crippen molar-refractivity contribution in [3.8, 4) is 11.8 Å². The molecule has 0 saturated carbocycles.